The summed E-state index contributed by atoms with van der Waals surface area (Å²) in [5, 5.41) is 9.21. The van der Waals surface area contributed by atoms with E-state index in [-0.39, 0.29) is 11.5 Å². The number of hydrogen-bond acceptors (Lipinski definition) is 4. The molecule has 1 fully saturated rings. The van der Waals surface area contributed by atoms with Gasteiger partial charge in [0.25, 0.3) is 0 Å². The van der Waals surface area contributed by atoms with Gasteiger partial charge in [-0.15, -0.1) is 0 Å². The first-order chi connectivity index (χ1) is 13.2. The molecule has 1 aliphatic rings. The first kappa shape index (κ1) is 20.7. The molecule has 0 radical (unpaired) electrons. The average Bonchev–Trinajstić information content (AvgIpc) is 3.11. The highest BCUT2D eigenvalue weighted by Crippen LogP contribution is 2.37. The quantitative estimate of drug-likeness (QED) is 0.736. The minimum absolute atomic E-state index is 0.0202. The lowest BCUT2D eigenvalue weighted by Crippen LogP contribution is -2.38. The van der Waals surface area contributed by atoms with Crippen LogP contribution >= 0.6 is 11.8 Å². The number of nitrogens with zero attached hydrogens (tertiary/aromatic N) is 1. The molecule has 1 saturated heterocycles. The van der Waals surface area contributed by atoms with Crippen LogP contribution in [0.5, 0.6) is 5.75 Å². The van der Waals surface area contributed by atoms with Crippen LogP contribution in [0.25, 0.3) is 0 Å². The topological polar surface area (TPSA) is 49.8 Å². The number of aliphatic carboxylic acids is 1. The Morgan fingerprint density at radius 3 is 2.50 bits per heavy atom. The molecule has 2 aromatic carbocycles. The predicted octanol–water partition coefficient (Wildman–Crippen LogP) is 5.06. The molecular formula is C23H29NO3S. The summed E-state index contributed by atoms with van der Waals surface area (Å²) >= 11 is 1.70. The van der Waals surface area contributed by atoms with Gasteiger partial charge in [0.15, 0.2) is 0 Å². The van der Waals surface area contributed by atoms with Gasteiger partial charge in [0.05, 0.1) is 4.90 Å². The number of carboxylic acids is 1. The molecular weight excluding hydrogens is 370 g/mol. The van der Waals surface area contributed by atoms with Crippen molar-refractivity contribution in [1.82, 2.24) is 4.90 Å². The molecule has 0 aliphatic carbocycles. The second kappa shape index (κ2) is 8.58. The van der Waals surface area contributed by atoms with Crippen LogP contribution in [0.1, 0.15) is 39.7 Å². The summed E-state index contributed by atoms with van der Waals surface area (Å²) in [7, 11) is 0. The molecule has 2 atom stereocenters. The minimum atomic E-state index is -0.782. The number of likely N-dealkylation sites (tertiary alicyclic amines) is 1. The summed E-state index contributed by atoms with van der Waals surface area (Å²) in [6.45, 7) is 9.78. The monoisotopic (exact) mass is 399 g/mol. The fourth-order valence-corrected chi connectivity index (χ4v) is 4.21. The van der Waals surface area contributed by atoms with Gasteiger partial charge in [0, 0.05) is 18.0 Å². The molecule has 3 rings (SSSR count). The van der Waals surface area contributed by atoms with E-state index < -0.39 is 12.0 Å². The van der Waals surface area contributed by atoms with E-state index in [2.05, 4.69) is 51.1 Å². The van der Waals surface area contributed by atoms with E-state index in [4.69, 9.17) is 4.74 Å². The normalized spacial score (nSPS) is 18.8. The lowest BCUT2D eigenvalue weighted by molar-refractivity contribution is -0.142. The van der Waals surface area contributed by atoms with Crippen LogP contribution < -0.4 is 4.74 Å². The van der Waals surface area contributed by atoms with Gasteiger partial charge in [-0.05, 0) is 48.6 Å². The Morgan fingerprint density at radius 2 is 1.86 bits per heavy atom. The number of carbonyl (C=O) groups is 1. The Balaban J connectivity index is 1.68. The van der Waals surface area contributed by atoms with Gasteiger partial charge in [0.1, 0.15) is 17.9 Å². The van der Waals surface area contributed by atoms with Crippen LogP contribution in [0.15, 0.2) is 58.3 Å². The second-order valence-corrected chi connectivity index (χ2v) is 9.48. The maximum Gasteiger partial charge on any atom is 0.320 e. The molecule has 28 heavy (non-hydrogen) atoms. The van der Waals surface area contributed by atoms with Gasteiger partial charge in [-0.3, -0.25) is 9.69 Å². The zero-order chi connectivity index (χ0) is 20.3. The Labute approximate surface area is 171 Å². The van der Waals surface area contributed by atoms with E-state index in [1.54, 1.807) is 18.7 Å². The smallest absolute Gasteiger partial charge is 0.320 e. The van der Waals surface area contributed by atoms with Gasteiger partial charge in [0.2, 0.25) is 0 Å². The third kappa shape index (κ3) is 5.09. The van der Waals surface area contributed by atoms with Crippen LogP contribution in [0.2, 0.25) is 0 Å². The molecule has 2 aromatic rings. The van der Waals surface area contributed by atoms with Crippen LogP contribution in [-0.4, -0.2) is 41.2 Å². The van der Waals surface area contributed by atoms with Gasteiger partial charge in [-0.2, -0.15) is 0 Å². The summed E-state index contributed by atoms with van der Waals surface area (Å²) in [5.74, 6) is 0.0811. The molecule has 4 nitrogen and oxygen atoms in total. The molecule has 0 saturated carbocycles. The summed E-state index contributed by atoms with van der Waals surface area (Å²) in [5.41, 5.74) is 1.46. The van der Waals surface area contributed by atoms with Crippen LogP contribution in [-0.2, 0) is 10.2 Å². The zero-order valence-electron chi connectivity index (χ0n) is 17.0. The summed E-state index contributed by atoms with van der Waals surface area (Å²) in [6, 6.07) is 16.3. The van der Waals surface area contributed by atoms with Crippen LogP contribution in [0.4, 0.5) is 0 Å². The molecule has 1 aliphatic heterocycles. The number of benzene rings is 2. The van der Waals surface area contributed by atoms with Crippen molar-refractivity contribution in [3.05, 3.63) is 54.1 Å². The number of hydrogen-bond donors (Lipinski definition) is 1. The van der Waals surface area contributed by atoms with E-state index in [1.807, 2.05) is 23.1 Å². The van der Waals surface area contributed by atoms with Crippen molar-refractivity contribution in [2.24, 2.45) is 0 Å². The van der Waals surface area contributed by atoms with Gasteiger partial charge in [-0.1, -0.05) is 56.8 Å². The Kier molecular flexibility index (Phi) is 6.36. The van der Waals surface area contributed by atoms with Crippen LogP contribution in [0, 0.1) is 0 Å². The molecule has 1 heterocycles. The Hall–Kier alpha value is -1.98. The van der Waals surface area contributed by atoms with Crippen molar-refractivity contribution in [2.75, 3.05) is 13.1 Å². The van der Waals surface area contributed by atoms with Crippen molar-refractivity contribution in [2.45, 2.75) is 61.5 Å². The second-order valence-electron chi connectivity index (χ2n) is 8.36. The van der Waals surface area contributed by atoms with E-state index in [0.29, 0.717) is 6.54 Å². The van der Waals surface area contributed by atoms with Crippen molar-refractivity contribution in [3.8, 4) is 5.75 Å². The molecule has 0 spiro atoms. The molecule has 0 unspecified atom stereocenters. The fourth-order valence-electron chi connectivity index (χ4n) is 3.32. The molecule has 0 amide bonds. The largest absolute Gasteiger partial charge is 0.488 e. The fraction of sp³-hybridized carbons (Fsp3) is 0.435. The van der Waals surface area contributed by atoms with E-state index >= 15 is 0 Å². The highest BCUT2D eigenvalue weighted by Gasteiger charge is 2.30. The number of ether oxygens (including phenoxy) is 1. The minimum Gasteiger partial charge on any atom is -0.488 e. The third-order valence-electron chi connectivity index (χ3n) is 5.17. The number of rotatable bonds is 6. The summed E-state index contributed by atoms with van der Waals surface area (Å²) in [4.78, 5) is 15.4. The maximum absolute atomic E-state index is 11.2. The number of para-hydroxylation sites is 1. The Bertz CT molecular complexity index is 813. The molecule has 5 heteroatoms. The predicted molar refractivity (Wildman–Crippen MR) is 113 cm³/mol. The Morgan fingerprint density at radius 1 is 1.18 bits per heavy atom. The summed E-state index contributed by atoms with van der Waals surface area (Å²) in [6.07, 6.45) is 0.864. The maximum atomic E-state index is 11.2. The van der Waals surface area contributed by atoms with Crippen molar-refractivity contribution < 1.29 is 14.6 Å². The van der Waals surface area contributed by atoms with Crippen molar-refractivity contribution >= 4 is 17.7 Å². The van der Waals surface area contributed by atoms with Crippen molar-refractivity contribution in [1.29, 1.82) is 0 Å². The lowest BCUT2D eigenvalue weighted by atomic mass is 9.87. The molecule has 0 bridgehead atoms. The van der Waals surface area contributed by atoms with E-state index in [0.717, 1.165) is 23.6 Å². The zero-order valence-corrected chi connectivity index (χ0v) is 17.8. The SMILES string of the molecule is C[C@@H](C(=O)O)N1CC[C@H](Oc2ccccc2Sc2ccc(C(C)(C)C)cc2)C1. The first-order valence-corrected chi connectivity index (χ1v) is 10.6. The summed E-state index contributed by atoms with van der Waals surface area (Å²) < 4.78 is 6.26. The lowest BCUT2D eigenvalue weighted by Gasteiger charge is -2.21. The highest BCUT2D eigenvalue weighted by atomic mass is 32.2. The highest BCUT2D eigenvalue weighted by molar-refractivity contribution is 7.99. The average molecular weight is 400 g/mol. The molecule has 1 N–H and O–H groups in total. The third-order valence-corrected chi connectivity index (χ3v) is 6.24. The van der Waals surface area contributed by atoms with E-state index in [9.17, 15) is 9.90 Å². The molecule has 150 valence electrons. The van der Waals surface area contributed by atoms with Gasteiger partial charge in [-0.25, -0.2) is 0 Å². The van der Waals surface area contributed by atoms with Crippen LogP contribution in [0.3, 0.4) is 0 Å². The molecule has 0 aromatic heterocycles. The van der Waals surface area contributed by atoms with Crippen molar-refractivity contribution in [3.63, 3.8) is 0 Å². The van der Waals surface area contributed by atoms with Gasteiger partial charge >= 0.3 is 5.97 Å². The van der Waals surface area contributed by atoms with Gasteiger partial charge < -0.3 is 9.84 Å². The standard InChI is InChI=1S/C23H29NO3S/c1-16(22(25)26)24-14-13-18(15-24)27-20-7-5-6-8-21(20)28-19-11-9-17(10-12-19)23(2,3)4/h5-12,16,18H,13-15H2,1-4H3,(H,25,26)/t16-,18-/m0/s1. The van der Waals surface area contributed by atoms with E-state index in [1.165, 1.54) is 10.5 Å². The first-order valence-electron chi connectivity index (χ1n) is 9.75. The number of carboxylic acid groups (broad SMARTS) is 1.